The highest BCUT2D eigenvalue weighted by atomic mass is 19.4. The smallest absolute Gasteiger partial charge is 0.433 e. The van der Waals surface area contributed by atoms with Gasteiger partial charge >= 0.3 is 18.1 Å². The van der Waals surface area contributed by atoms with Crippen LogP contribution in [-0.2, 0) is 15.8 Å². The van der Waals surface area contributed by atoms with Crippen LogP contribution in [0.5, 0.6) is 0 Å². The van der Waals surface area contributed by atoms with Gasteiger partial charge in [0.15, 0.2) is 0 Å². The van der Waals surface area contributed by atoms with E-state index >= 15 is 0 Å². The first-order valence-electron chi connectivity index (χ1n) is 4.80. The lowest BCUT2D eigenvalue weighted by Crippen LogP contribution is -2.10. The van der Waals surface area contributed by atoms with Crippen molar-refractivity contribution in [1.82, 2.24) is 4.98 Å². The molecule has 0 aliphatic carbocycles. The van der Waals surface area contributed by atoms with E-state index in [1.807, 2.05) is 0 Å². The molecule has 9 heteroatoms. The summed E-state index contributed by atoms with van der Waals surface area (Å²) in [4.78, 5) is 21.5. The van der Waals surface area contributed by atoms with E-state index in [0.29, 0.717) is 5.56 Å². The number of hydrogen-bond donors (Lipinski definition) is 3. The predicted octanol–water partition coefficient (Wildman–Crippen LogP) is 1.28. The van der Waals surface area contributed by atoms with Gasteiger partial charge in [0.1, 0.15) is 5.69 Å². The fourth-order valence-electron chi connectivity index (χ4n) is 0.842. The highest BCUT2D eigenvalue weighted by Gasteiger charge is 2.32. The second-order valence-corrected chi connectivity index (χ2v) is 3.37. The number of pyridine rings is 1. The number of carboxylic acids is 2. The standard InChI is InChI=1S/C8H9F3N2.C2H2O4/c1-5(12)6-2-3-7(13-4-6)8(9,10)11;3-1(4)2(5)6/h2-5H,12H2,1H3;(H,3,4)(H,5,6)/t5-;/m1./s1. The number of hydrogen-bond acceptors (Lipinski definition) is 4. The topological polar surface area (TPSA) is 114 Å². The number of alkyl halides is 3. The van der Waals surface area contributed by atoms with Crippen LogP contribution >= 0.6 is 0 Å². The average Bonchev–Trinajstić information content (AvgIpc) is 2.28. The molecule has 6 nitrogen and oxygen atoms in total. The number of aromatic nitrogens is 1. The molecule has 0 fully saturated rings. The summed E-state index contributed by atoms with van der Waals surface area (Å²) in [5.41, 5.74) is 5.15. The van der Waals surface area contributed by atoms with E-state index < -0.39 is 23.8 Å². The summed E-state index contributed by atoms with van der Waals surface area (Å²) in [6.07, 6.45) is -3.23. The summed E-state index contributed by atoms with van der Waals surface area (Å²) in [7, 11) is 0. The van der Waals surface area contributed by atoms with Gasteiger partial charge in [-0.15, -0.1) is 0 Å². The van der Waals surface area contributed by atoms with Crippen LogP contribution in [-0.4, -0.2) is 27.1 Å². The molecule has 1 rings (SSSR count). The van der Waals surface area contributed by atoms with E-state index in [1.165, 1.54) is 6.07 Å². The Bertz CT molecular complexity index is 431. The fraction of sp³-hybridized carbons (Fsp3) is 0.300. The molecule has 4 N–H and O–H groups in total. The molecule has 0 spiro atoms. The van der Waals surface area contributed by atoms with Crippen molar-refractivity contribution in [3.05, 3.63) is 29.6 Å². The van der Waals surface area contributed by atoms with Crippen LogP contribution in [0.25, 0.3) is 0 Å². The van der Waals surface area contributed by atoms with Crippen molar-refractivity contribution in [1.29, 1.82) is 0 Å². The SMILES string of the molecule is C[C@@H](N)c1ccc(C(F)(F)F)nc1.O=C(O)C(=O)O. The lowest BCUT2D eigenvalue weighted by molar-refractivity contribution is -0.159. The van der Waals surface area contributed by atoms with Gasteiger partial charge in [0.2, 0.25) is 0 Å². The molecule has 0 bridgehead atoms. The quantitative estimate of drug-likeness (QED) is 0.668. The first-order chi connectivity index (χ1) is 8.55. The Hall–Kier alpha value is -2.16. The van der Waals surface area contributed by atoms with Crippen LogP contribution in [0.2, 0.25) is 0 Å². The molecular weight excluding hydrogens is 269 g/mol. The van der Waals surface area contributed by atoms with Crippen LogP contribution in [0, 0.1) is 0 Å². The van der Waals surface area contributed by atoms with Crippen molar-refractivity contribution < 1.29 is 33.0 Å². The second kappa shape index (κ2) is 6.69. The molecule has 0 radical (unpaired) electrons. The van der Waals surface area contributed by atoms with Crippen LogP contribution in [0.4, 0.5) is 13.2 Å². The Morgan fingerprint density at radius 1 is 1.26 bits per heavy atom. The third kappa shape index (κ3) is 6.36. The Labute approximate surface area is 105 Å². The molecule has 0 amide bonds. The van der Waals surface area contributed by atoms with Crippen molar-refractivity contribution in [2.45, 2.75) is 19.1 Å². The molecule has 1 atom stereocenters. The maximum atomic E-state index is 12.0. The second-order valence-electron chi connectivity index (χ2n) is 3.37. The number of nitrogens with zero attached hydrogens (tertiary/aromatic N) is 1. The normalized spacial score (nSPS) is 12.1. The summed E-state index contributed by atoms with van der Waals surface area (Å²) in [6.45, 7) is 1.68. The first-order valence-corrected chi connectivity index (χ1v) is 4.80. The molecular formula is C10H11F3N2O4. The number of rotatable bonds is 1. The van der Waals surface area contributed by atoms with E-state index in [2.05, 4.69) is 4.98 Å². The molecule has 0 unspecified atom stereocenters. The number of nitrogens with two attached hydrogens (primary N) is 1. The monoisotopic (exact) mass is 280 g/mol. The zero-order chi connectivity index (χ0) is 15.2. The Balaban J connectivity index is 0.000000459. The minimum atomic E-state index is -4.38. The van der Waals surface area contributed by atoms with Gasteiger partial charge in [0.25, 0.3) is 0 Å². The number of halogens is 3. The molecule has 106 valence electrons. The predicted molar refractivity (Wildman–Crippen MR) is 57.1 cm³/mol. The van der Waals surface area contributed by atoms with E-state index in [9.17, 15) is 13.2 Å². The van der Waals surface area contributed by atoms with Gasteiger partial charge in [-0.05, 0) is 18.6 Å². The largest absolute Gasteiger partial charge is 0.473 e. The van der Waals surface area contributed by atoms with Gasteiger partial charge in [0.05, 0.1) is 0 Å². The zero-order valence-electron chi connectivity index (χ0n) is 9.68. The molecule has 1 aromatic rings. The van der Waals surface area contributed by atoms with Crippen LogP contribution in [0.15, 0.2) is 18.3 Å². The number of aliphatic carboxylic acids is 2. The Morgan fingerprint density at radius 3 is 1.95 bits per heavy atom. The lowest BCUT2D eigenvalue weighted by Gasteiger charge is -2.08. The minimum Gasteiger partial charge on any atom is -0.473 e. The van der Waals surface area contributed by atoms with Crippen LogP contribution < -0.4 is 5.73 Å². The molecule has 19 heavy (non-hydrogen) atoms. The average molecular weight is 280 g/mol. The number of carboxylic acid groups (broad SMARTS) is 2. The third-order valence-electron chi connectivity index (χ3n) is 1.79. The molecule has 0 aliphatic heterocycles. The zero-order valence-corrected chi connectivity index (χ0v) is 9.68. The third-order valence-corrected chi connectivity index (χ3v) is 1.79. The maximum absolute atomic E-state index is 12.0. The van der Waals surface area contributed by atoms with Crippen LogP contribution in [0.1, 0.15) is 24.2 Å². The van der Waals surface area contributed by atoms with Gasteiger partial charge in [-0.2, -0.15) is 13.2 Å². The van der Waals surface area contributed by atoms with Crippen molar-refractivity contribution >= 4 is 11.9 Å². The summed E-state index contributed by atoms with van der Waals surface area (Å²) < 4.78 is 36.1. The molecule has 0 saturated heterocycles. The van der Waals surface area contributed by atoms with Crippen LogP contribution in [0.3, 0.4) is 0 Å². The van der Waals surface area contributed by atoms with Gasteiger partial charge in [0, 0.05) is 12.2 Å². The van der Waals surface area contributed by atoms with Crippen molar-refractivity contribution in [2.24, 2.45) is 5.73 Å². The van der Waals surface area contributed by atoms with E-state index in [4.69, 9.17) is 25.5 Å². The first kappa shape index (κ1) is 16.8. The Kier molecular flexibility index (Phi) is 5.93. The Morgan fingerprint density at radius 2 is 1.74 bits per heavy atom. The van der Waals surface area contributed by atoms with Gasteiger partial charge < -0.3 is 15.9 Å². The molecule has 1 aromatic heterocycles. The fourth-order valence-corrected chi connectivity index (χ4v) is 0.842. The summed E-state index contributed by atoms with van der Waals surface area (Å²) >= 11 is 0. The van der Waals surface area contributed by atoms with Gasteiger partial charge in [-0.3, -0.25) is 4.98 Å². The van der Waals surface area contributed by atoms with Gasteiger partial charge in [-0.25, -0.2) is 9.59 Å². The maximum Gasteiger partial charge on any atom is 0.433 e. The summed E-state index contributed by atoms with van der Waals surface area (Å²) in [5, 5.41) is 14.8. The molecule has 1 heterocycles. The van der Waals surface area contributed by atoms with Gasteiger partial charge in [-0.1, -0.05) is 6.07 Å². The van der Waals surface area contributed by atoms with E-state index in [1.54, 1.807) is 6.92 Å². The summed E-state index contributed by atoms with van der Waals surface area (Å²) in [5.74, 6) is -3.65. The van der Waals surface area contributed by atoms with Crippen molar-refractivity contribution in [2.75, 3.05) is 0 Å². The molecule has 0 aromatic carbocycles. The van der Waals surface area contributed by atoms with Crippen molar-refractivity contribution in [3.63, 3.8) is 0 Å². The van der Waals surface area contributed by atoms with Crippen molar-refractivity contribution in [3.8, 4) is 0 Å². The number of carbonyl (C=O) groups is 2. The molecule has 0 saturated carbocycles. The highest BCUT2D eigenvalue weighted by molar-refractivity contribution is 6.27. The minimum absolute atomic E-state index is 0.296. The summed E-state index contributed by atoms with van der Waals surface area (Å²) in [6, 6.07) is 1.97. The van der Waals surface area contributed by atoms with E-state index in [0.717, 1.165) is 12.3 Å². The van der Waals surface area contributed by atoms with E-state index in [-0.39, 0.29) is 6.04 Å². The highest BCUT2D eigenvalue weighted by Crippen LogP contribution is 2.27. The molecule has 0 aliphatic rings. The lowest BCUT2D eigenvalue weighted by atomic mass is 10.1.